The van der Waals surface area contributed by atoms with Crippen LogP contribution in [0.3, 0.4) is 0 Å². The molecule has 0 saturated heterocycles. The Hall–Kier alpha value is -1.55. The fraction of sp³-hybridized carbons (Fsp3) is 0.529. The number of rotatable bonds is 6. The maximum Gasteiger partial charge on any atom is 0.325 e. The van der Waals surface area contributed by atoms with Crippen molar-refractivity contribution in [1.29, 1.82) is 0 Å². The summed E-state index contributed by atoms with van der Waals surface area (Å²) >= 11 is 1.39. The molecule has 142 valence electrons. The van der Waals surface area contributed by atoms with E-state index in [1.807, 2.05) is 13.8 Å². The number of fused-ring (bicyclic) bond motifs is 1. The number of aromatic nitrogens is 1. The van der Waals surface area contributed by atoms with Crippen molar-refractivity contribution < 1.29 is 23.1 Å². The highest BCUT2D eigenvalue weighted by Gasteiger charge is 2.67. The molecule has 0 radical (unpaired) electrons. The molecule has 2 unspecified atom stereocenters. The molecule has 0 amide bonds. The van der Waals surface area contributed by atoms with E-state index in [0.29, 0.717) is 6.61 Å². The Labute approximate surface area is 156 Å². The highest BCUT2D eigenvalue weighted by atomic mass is 32.2. The Morgan fingerprint density at radius 1 is 1.46 bits per heavy atom. The highest BCUT2D eigenvalue weighted by molar-refractivity contribution is 7.89. The smallest absolute Gasteiger partial charge is 0.325 e. The second kappa shape index (κ2) is 6.26. The van der Waals surface area contributed by atoms with Crippen molar-refractivity contribution in [3.8, 4) is 0 Å². The third-order valence-electron chi connectivity index (χ3n) is 5.22. The average Bonchev–Trinajstić information content (AvgIpc) is 2.92. The molecule has 1 aromatic heterocycles. The number of nitrogens with zero attached hydrogens (tertiary/aromatic N) is 1. The van der Waals surface area contributed by atoms with E-state index >= 15 is 0 Å². The maximum absolute atomic E-state index is 12.9. The Morgan fingerprint density at radius 3 is 2.73 bits per heavy atom. The molecular formula is C17H22N2O5S2. The number of aryl methyl sites for hydroxylation is 1. The summed E-state index contributed by atoms with van der Waals surface area (Å²) in [6.07, 6.45) is -0.234. The number of aliphatic carboxylic acids is 1. The van der Waals surface area contributed by atoms with Gasteiger partial charge in [-0.3, -0.25) is 4.79 Å². The van der Waals surface area contributed by atoms with E-state index in [1.165, 1.54) is 23.5 Å². The van der Waals surface area contributed by atoms with Crippen LogP contribution in [0.25, 0.3) is 10.2 Å². The fourth-order valence-corrected chi connectivity index (χ4v) is 5.94. The number of ether oxygens (including phenoxy) is 1. The Bertz CT molecular complexity index is 967. The van der Waals surface area contributed by atoms with Gasteiger partial charge in [-0.2, -0.15) is 4.72 Å². The molecule has 1 heterocycles. The van der Waals surface area contributed by atoms with Crippen molar-refractivity contribution in [1.82, 2.24) is 9.71 Å². The Morgan fingerprint density at radius 2 is 2.15 bits per heavy atom. The van der Waals surface area contributed by atoms with Crippen molar-refractivity contribution in [3.05, 3.63) is 23.2 Å². The van der Waals surface area contributed by atoms with Gasteiger partial charge in [-0.1, -0.05) is 13.8 Å². The quantitative estimate of drug-likeness (QED) is 0.775. The first-order chi connectivity index (χ1) is 12.0. The number of benzene rings is 1. The molecule has 2 atom stereocenters. The van der Waals surface area contributed by atoms with Crippen molar-refractivity contribution in [2.75, 3.05) is 6.61 Å². The third-order valence-corrected chi connectivity index (χ3v) is 7.64. The monoisotopic (exact) mass is 398 g/mol. The van der Waals surface area contributed by atoms with Gasteiger partial charge in [0.1, 0.15) is 5.54 Å². The lowest BCUT2D eigenvalue weighted by molar-refractivity contribution is -0.188. The Kier molecular flexibility index (Phi) is 4.63. The highest BCUT2D eigenvalue weighted by Crippen LogP contribution is 2.52. The van der Waals surface area contributed by atoms with Crippen LogP contribution in [0.5, 0.6) is 0 Å². The maximum atomic E-state index is 12.9. The van der Waals surface area contributed by atoms with Crippen LogP contribution in [0.1, 0.15) is 32.2 Å². The van der Waals surface area contributed by atoms with Crippen molar-refractivity contribution in [2.24, 2.45) is 5.41 Å². The number of carboxylic acids is 1. The minimum Gasteiger partial charge on any atom is -0.480 e. The summed E-state index contributed by atoms with van der Waals surface area (Å²) < 4.78 is 34.6. The molecule has 1 fully saturated rings. The van der Waals surface area contributed by atoms with Gasteiger partial charge in [0.15, 0.2) is 0 Å². The molecule has 0 aliphatic heterocycles. The van der Waals surface area contributed by atoms with Crippen LogP contribution in [-0.2, 0) is 19.6 Å². The molecule has 26 heavy (non-hydrogen) atoms. The first-order valence-corrected chi connectivity index (χ1v) is 10.6. The fourth-order valence-electron chi connectivity index (χ4n) is 3.46. The van der Waals surface area contributed by atoms with Crippen LogP contribution in [0.15, 0.2) is 23.1 Å². The number of thiazole rings is 1. The minimum atomic E-state index is -4.02. The molecule has 0 spiro atoms. The summed E-state index contributed by atoms with van der Waals surface area (Å²) in [5, 5.41) is 10.6. The summed E-state index contributed by atoms with van der Waals surface area (Å²) in [7, 11) is -4.02. The van der Waals surface area contributed by atoms with E-state index in [2.05, 4.69) is 9.71 Å². The van der Waals surface area contributed by atoms with Gasteiger partial charge >= 0.3 is 5.97 Å². The van der Waals surface area contributed by atoms with Gasteiger partial charge < -0.3 is 9.84 Å². The number of hydrogen-bond donors (Lipinski definition) is 2. The van der Waals surface area contributed by atoms with Gasteiger partial charge in [-0.15, -0.1) is 11.3 Å². The predicted molar refractivity (Wildman–Crippen MR) is 98.9 cm³/mol. The predicted octanol–water partition coefficient (Wildman–Crippen LogP) is 2.54. The van der Waals surface area contributed by atoms with Gasteiger partial charge in [-0.05, 0) is 32.0 Å². The van der Waals surface area contributed by atoms with Crippen molar-refractivity contribution in [2.45, 2.75) is 50.7 Å². The second-order valence-corrected chi connectivity index (χ2v) is 9.97. The van der Waals surface area contributed by atoms with Crippen LogP contribution < -0.4 is 4.72 Å². The zero-order valence-corrected chi connectivity index (χ0v) is 16.7. The number of nitrogens with one attached hydrogen (secondary N) is 1. The van der Waals surface area contributed by atoms with E-state index in [9.17, 15) is 18.3 Å². The van der Waals surface area contributed by atoms with Crippen LogP contribution in [-0.4, -0.2) is 42.7 Å². The lowest BCUT2D eigenvalue weighted by Gasteiger charge is -2.57. The molecule has 2 aromatic rings. The normalized spacial score (nSPS) is 25.2. The van der Waals surface area contributed by atoms with E-state index in [4.69, 9.17) is 4.74 Å². The first-order valence-electron chi connectivity index (χ1n) is 8.29. The molecule has 0 bridgehead atoms. The van der Waals surface area contributed by atoms with Crippen LogP contribution in [0.4, 0.5) is 0 Å². The minimum absolute atomic E-state index is 0.0323. The van der Waals surface area contributed by atoms with Crippen LogP contribution in [0, 0.1) is 12.3 Å². The van der Waals surface area contributed by atoms with E-state index < -0.39 is 26.9 Å². The number of carboxylic acid groups (broad SMARTS) is 1. The number of sulfonamides is 1. The van der Waals surface area contributed by atoms with Gasteiger partial charge in [0.05, 0.1) is 26.2 Å². The van der Waals surface area contributed by atoms with E-state index in [-0.39, 0.29) is 17.4 Å². The second-order valence-electron chi connectivity index (χ2n) is 7.05. The number of carbonyl (C=O) groups is 1. The third kappa shape index (κ3) is 2.83. The summed E-state index contributed by atoms with van der Waals surface area (Å²) in [6, 6.07) is 4.62. The van der Waals surface area contributed by atoms with Crippen LogP contribution >= 0.6 is 11.3 Å². The zero-order valence-electron chi connectivity index (χ0n) is 15.1. The first kappa shape index (κ1) is 19.2. The van der Waals surface area contributed by atoms with Crippen molar-refractivity contribution in [3.63, 3.8) is 0 Å². The van der Waals surface area contributed by atoms with Crippen LogP contribution in [0.2, 0.25) is 0 Å². The molecule has 3 rings (SSSR count). The summed E-state index contributed by atoms with van der Waals surface area (Å²) in [5.74, 6) is -1.20. The average molecular weight is 399 g/mol. The Balaban J connectivity index is 1.97. The van der Waals surface area contributed by atoms with Gasteiger partial charge in [-0.25, -0.2) is 13.4 Å². The van der Waals surface area contributed by atoms with E-state index in [1.54, 1.807) is 19.9 Å². The van der Waals surface area contributed by atoms with Gasteiger partial charge in [0.2, 0.25) is 10.0 Å². The molecule has 9 heteroatoms. The lowest BCUT2D eigenvalue weighted by Crippen LogP contribution is -2.76. The molecule has 7 nitrogen and oxygen atoms in total. The number of hydrogen-bond acceptors (Lipinski definition) is 6. The molecule has 2 N–H and O–H groups in total. The summed E-state index contributed by atoms with van der Waals surface area (Å²) in [5.41, 5.74) is -1.77. The lowest BCUT2D eigenvalue weighted by atomic mass is 9.54. The largest absolute Gasteiger partial charge is 0.480 e. The van der Waals surface area contributed by atoms with E-state index in [0.717, 1.165) is 15.2 Å². The van der Waals surface area contributed by atoms with Gasteiger partial charge in [0.25, 0.3) is 0 Å². The molecule has 1 aromatic carbocycles. The molecular weight excluding hydrogens is 376 g/mol. The molecule has 1 aliphatic rings. The van der Waals surface area contributed by atoms with Gasteiger partial charge in [0, 0.05) is 18.4 Å². The molecule has 1 aliphatic carbocycles. The molecule has 1 saturated carbocycles. The zero-order chi connectivity index (χ0) is 19.3. The summed E-state index contributed by atoms with van der Waals surface area (Å²) in [6.45, 7) is 7.54. The van der Waals surface area contributed by atoms with Crippen molar-refractivity contribution >= 4 is 37.5 Å². The standard InChI is InChI=1S/C17H22N2O5S2/c1-5-24-14-9-17(15(20)21,16(14,3)4)19-26(22,23)11-6-7-12-13(8-11)25-10(2)18-12/h6-8,14,19H,5,9H2,1-4H3,(H,20,21). The SMILES string of the molecule is CCOC1CC(NS(=O)(=O)c2ccc3nc(C)sc3c2)(C(=O)O)C1(C)C. The topological polar surface area (TPSA) is 106 Å². The summed E-state index contributed by atoms with van der Waals surface area (Å²) in [4.78, 5) is 16.3.